The minimum Gasteiger partial charge on any atom is -0.493 e. The Morgan fingerprint density at radius 2 is 1.95 bits per heavy atom. The van der Waals surface area contributed by atoms with Gasteiger partial charge in [-0.3, -0.25) is 0 Å². The number of ether oxygens (including phenoxy) is 2. The molecule has 20 heavy (non-hydrogen) atoms. The summed E-state index contributed by atoms with van der Waals surface area (Å²) in [6.07, 6.45) is -4.04. The molecule has 1 unspecified atom stereocenters. The van der Waals surface area contributed by atoms with Gasteiger partial charge in [0.25, 0.3) is 0 Å². The van der Waals surface area contributed by atoms with Crippen molar-refractivity contribution >= 4 is 0 Å². The zero-order valence-electron chi connectivity index (χ0n) is 11.0. The van der Waals surface area contributed by atoms with E-state index in [1.807, 2.05) is 0 Å². The van der Waals surface area contributed by atoms with Gasteiger partial charge in [0, 0.05) is 24.1 Å². The third-order valence-electron chi connectivity index (χ3n) is 2.43. The average Bonchev–Trinajstić information content (AvgIpc) is 2.32. The Morgan fingerprint density at radius 1 is 1.25 bits per heavy atom. The molecule has 2 N–H and O–H groups in total. The second-order valence-corrected chi connectivity index (χ2v) is 4.34. The van der Waals surface area contributed by atoms with Crippen LogP contribution in [0.15, 0.2) is 18.2 Å². The molecule has 3 nitrogen and oxygen atoms in total. The summed E-state index contributed by atoms with van der Waals surface area (Å²) >= 11 is 0. The smallest absolute Gasteiger partial charge is 0.411 e. The second-order valence-electron chi connectivity index (χ2n) is 4.34. The van der Waals surface area contributed by atoms with Crippen LogP contribution in [0.3, 0.4) is 0 Å². The molecule has 0 heterocycles. The molecule has 0 saturated carbocycles. The van der Waals surface area contributed by atoms with E-state index in [9.17, 15) is 17.6 Å². The Bertz CT molecular complexity index is 421. The van der Waals surface area contributed by atoms with E-state index in [2.05, 4.69) is 4.74 Å². The van der Waals surface area contributed by atoms with E-state index in [0.717, 1.165) is 0 Å². The first-order valence-corrected chi connectivity index (χ1v) is 6.12. The number of alkyl halides is 3. The molecule has 0 spiro atoms. The zero-order chi connectivity index (χ0) is 15.2. The van der Waals surface area contributed by atoms with Crippen LogP contribution in [0.4, 0.5) is 17.6 Å². The van der Waals surface area contributed by atoms with Crippen molar-refractivity contribution in [3.63, 3.8) is 0 Å². The Balaban J connectivity index is 2.27. The van der Waals surface area contributed by atoms with Crippen LogP contribution >= 0.6 is 0 Å². The summed E-state index contributed by atoms with van der Waals surface area (Å²) in [5.41, 5.74) is 5.95. The van der Waals surface area contributed by atoms with Crippen LogP contribution in [-0.4, -0.2) is 26.0 Å². The molecule has 7 heteroatoms. The van der Waals surface area contributed by atoms with E-state index in [0.29, 0.717) is 11.3 Å². The maximum Gasteiger partial charge on any atom is 0.411 e. The quantitative estimate of drug-likeness (QED) is 0.620. The van der Waals surface area contributed by atoms with Crippen LogP contribution in [0.2, 0.25) is 0 Å². The van der Waals surface area contributed by atoms with Gasteiger partial charge >= 0.3 is 6.18 Å². The SMILES string of the molecule is CC(N)c1ccc(OCCCOCC(F)(F)F)cc1F. The molecule has 0 radical (unpaired) electrons. The minimum atomic E-state index is -4.32. The number of hydrogen-bond acceptors (Lipinski definition) is 3. The van der Waals surface area contributed by atoms with Gasteiger partial charge in [-0.25, -0.2) is 4.39 Å². The lowest BCUT2D eigenvalue weighted by molar-refractivity contribution is -0.174. The van der Waals surface area contributed by atoms with Crippen molar-refractivity contribution in [1.82, 2.24) is 0 Å². The van der Waals surface area contributed by atoms with E-state index in [-0.39, 0.29) is 19.6 Å². The number of benzene rings is 1. The Labute approximate surface area is 114 Å². The lowest BCUT2D eigenvalue weighted by Crippen LogP contribution is -2.18. The lowest BCUT2D eigenvalue weighted by Gasteiger charge is -2.11. The van der Waals surface area contributed by atoms with Gasteiger partial charge in [0.1, 0.15) is 18.2 Å². The van der Waals surface area contributed by atoms with Gasteiger partial charge in [0.15, 0.2) is 0 Å². The molecule has 0 aromatic heterocycles. The highest BCUT2D eigenvalue weighted by atomic mass is 19.4. The van der Waals surface area contributed by atoms with Crippen LogP contribution in [0, 0.1) is 5.82 Å². The fourth-order valence-corrected chi connectivity index (χ4v) is 1.51. The summed E-state index contributed by atoms with van der Waals surface area (Å²) in [4.78, 5) is 0. The van der Waals surface area contributed by atoms with E-state index in [4.69, 9.17) is 10.5 Å². The second kappa shape index (κ2) is 7.44. The summed E-state index contributed by atoms with van der Waals surface area (Å²) in [7, 11) is 0. The molecule has 1 aromatic carbocycles. The molecule has 0 saturated heterocycles. The predicted octanol–water partition coefficient (Wildman–Crippen LogP) is 3.19. The van der Waals surface area contributed by atoms with Crippen molar-refractivity contribution in [2.24, 2.45) is 5.73 Å². The first-order valence-electron chi connectivity index (χ1n) is 6.12. The van der Waals surface area contributed by atoms with Gasteiger partial charge in [-0.15, -0.1) is 0 Å². The maximum atomic E-state index is 13.6. The summed E-state index contributed by atoms with van der Waals surface area (Å²) in [6.45, 7) is 0.469. The van der Waals surface area contributed by atoms with Crippen LogP contribution in [-0.2, 0) is 4.74 Å². The summed E-state index contributed by atoms with van der Waals surface area (Å²) in [5, 5.41) is 0. The Hall–Kier alpha value is -1.34. The van der Waals surface area contributed by atoms with E-state index < -0.39 is 24.6 Å². The summed E-state index contributed by atoms with van der Waals surface area (Å²) in [5.74, 6) is -0.159. The summed E-state index contributed by atoms with van der Waals surface area (Å²) in [6, 6.07) is 3.88. The molecule has 114 valence electrons. The maximum absolute atomic E-state index is 13.6. The highest BCUT2D eigenvalue weighted by molar-refractivity contribution is 5.30. The van der Waals surface area contributed by atoms with E-state index in [1.165, 1.54) is 12.1 Å². The van der Waals surface area contributed by atoms with Gasteiger partial charge in [-0.1, -0.05) is 6.07 Å². The normalized spacial score (nSPS) is 13.3. The van der Waals surface area contributed by atoms with Crippen LogP contribution in [0.1, 0.15) is 24.9 Å². The van der Waals surface area contributed by atoms with Crippen molar-refractivity contribution in [3.05, 3.63) is 29.6 Å². The molecule has 0 aliphatic rings. The molecule has 0 fully saturated rings. The van der Waals surface area contributed by atoms with Crippen LogP contribution in [0.25, 0.3) is 0 Å². The molecular weight excluding hydrogens is 278 g/mol. The topological polar surface area (TPSA) is 44.5 Å². The first kappa shape index (κ1) is 16.7. The summed E-state index contributed by atoms with van der Waals surface area (Å²) < 4.78 is 58.5. The fraction of sp³-hybridized carbons (Fsp3) is 0.538. The van der Waals surface area contributed by atoms with Crippen molar-refractivity contribution in [3.8, 4) is 5.75 Å². The largest absolute Gasteiger partial charge is 0.493 e. The third-order valence-corrected chi connectivity index (χ3v) is 2.43. The minimum absolute atomic E-state index is 0.0695. The Morgan fingerprint density at radius 3 is 2.50 bits per heavy atom. The van der Waals surface area contributed by atoms with Crippen LogP contribution in [0.5, 0.6) is 5.75 Å². The molecule has 0 amide bonds. The van der Waals surface area contributed by atoms with Gasteiger partial charge in [-0.05, 0) is 13.0 Å². The average molecular weight is 295 g/mol. The van der Waals surface area contributed by atoms with Crippen molar-refractivity contribution in [2.45, 2.75) is 25.6 Å². The van der Waals surface area contributed by atoms with E-state index in [1.54, 1.807) is 13.0 Å². The fourth-order valence-electron chi connectivity index (χ4n) is 1.51. The van der Waals surface area contributed by atoms with Crippen molar-refractivity contribution < 1.29 is 27.0 Å². The van der Waals surface area contributed by atoms with Gasteiger partial charge in [-0.2, -0.15) is 13.2 Å². The Kier molecular flexibility index (Phi) is 6.22. The van der Waals surface area contributed by atoms with Gasteiger partial charge < -0.3 is 15.2 Å². The van der Waals surface area contributed by atoms with Gasteiger partial charge in [0.05, 0.1) is 13.2 Å². The van der Waals surface area contributed by atoms with E-state index >= 15 is 0 Å². The highest BCUT2D eigenvalue weighted by Crippen LogP contribution is 2.20. The standard InChI is InChI=1S/C13H17F4NO2/c1-9(18)11-4-3-10(7-12(11)14)20-6-2-5-19-8-13(15,16)17/h3-4,7,9H,2,5-6,8,18H2,1H3. The number of hydrogen-bond donors (Lipinski definition) is 1. The molecular formula is C13H17F4NO2. The third kappa shape index (κ3) is 6.21. The molecule has 0 bridgehead atoms. The number of nitrogens with two attached hydrogens (primary N) is 1. The first-order chi connectivity index (χ1) is 9.29. The van der Waals surface area contributed by atoms with Crippen molar-refractivity contribution in [2.75, 3.05) is 19.8 Å². The highest BCUT2D eigenvalue weighted by Gasteiger charge is 2.27. The van der Waals surface area contributed by atoms with Crippen LogP contribution < -0.4 is 10.5 Å². The molecule has 1 atom stereocenters. The molecule has 0 aliphatic carbocycles. The monoisotopic (exact) mass is 295 g/mol. The number of rotatable bonds is 7. The number of halogens is 4. The molecule has 1 aromatic rings. The van der Waals surface area contributed by atoms with Gasteiger partial charge in [0.2, 0.25) is 0 Å². The zero-order valence-corrected chi connectivity index (χ0v) is 11.0. The molecule has 1 rings (SSSR count). The lowest BCUT2D eigenvalue weighted by atomic mass is 10.1. The molecule has 0 aliphatic heterocycles. The van der Waals surface area contributed by atoms with Crippen molar-refractivity contribution in [1.29, 1.82) is 0 Å². The predicted molar refractivity (Wildman–Crippen MR) is 66.0 cm³/mol.